The third-order valence-corrected chi connectivity index (χ3v) is 5.60. The van der Waals surface area contributed by atoms with Gasteiger partial charge >= 0.3 is 5.97 Å². The fourth-order valence-corrected chi connectivity index (χ4v) is 4.13. The van der Waals surface area contributed by atoms with E-state index in [4.69, 9.17) is 14.6 Å². The number of rotatable bonds is 6. The second kappa shape index (κ2) is 8.61. The molecule has 1 aliphatic rings. The molecular formula is C24H28O4. The predicted octanol–water partition coefficient (Wildman–Crippen LogP) is 5.28. The van der Waals surface area contributed by atoms with Gasteiger partial charge in [-0.05, 0) is 44.4 Å². The fourth-order valence-electron chi connectivity index (χ4n) is 4.13. The second-order valence-corrected chi connectivity index (χ2v) is 7.63. The van der Waals surface area contributed by atoms with Crippen molar-refractivity contribution in [1.29, 1.82) is 0 Å². The quantitative estimate of drug-likeness (QED) is 0.692. The summed E-state index contributed by atoms with van der Waals surface area (Å²) in [4.78, 5) is 10.9. The fraction of sp³-hybridized carbons (Fsp3) is 0.375. The Kier molecular flexibility index (Phi) is 6.20. The smallest absolute Gasteiger partial charge is 0.341 e. The van der Waals surface area contributed by atoms with Crippen LogP contribution in [0.5, 0.6) is 5.75 Å². The molecule has 4 atom stereocenters. The van der Waals surface area contributed by atoms with E-state index in [9.17, 15) is 4.79 Å². The molecule has 1 N–H and O–H groups in total. The molecule has 2 aromatic carbocycles. The number of aryl methyl sites for hydroxylation is 1. The Labute approximate surface area is 166 Å². The lowest BCUT2D eigenvalue weighted by atomic mass is 9.75. The van der Waals surface area contributed by atoms with Crippen LogP contribution in [-0.4, -0.2) is 23.8 Å². The van der Waals surface area contributed by atoms with Crippen LogP contribution in [0.4, 0.5) is 0 Å². The molecule has 1 fully saturated rings. The zero-order chi connectivity index (χ0) is 20.3. The largest absolute Gasteiger partial charge is 0.482 e. The van der Waals surface area contributed by atoms with Crippen LogP contribution in [0.25, 0.3) is 0 Å². The van der Waals surface area contributed by atoms with Crippen LogP contribution in [0.15, 0.2) is 60.7 Å². The molecule has 0 aromatic heterocycles. The zero-order valence-electron chi connectivity index (χ0n) is 16.7. The summed E-state index contributed by atoms with van der Waals surface area (Å²) in [5.41, 5.74) is 4.53. The van der Waals surface area contributed by atoms with E-state index in [0.29, 0.717) is 5.75 Å². The van der Waals surface area contributed by atoms with Crippen LogP contribution in [0.1, 0.15) is 49.0 Å². The average molecular weight is 380 g/mol. The minimum atomic E-state index is -0.996. The van der Waals surface area contributed by atoms with Gasteiger partial charge in [0.05, 0.1) is 12.2 Å². The molecule has 0 saturated carbocycles. The highest BCUT2D eigenvalue weighted by atomic mass is 16.5. The Hall–Kier alpha value is -2.59. The number of hydrogen-bond acceptors (Lipinski definition) is 3. The highest BCUT2D eigenvalue weighted by Crippen LogP contribution is 2.48. The molecule has 1 aliphatic heterocycles. The summed E-state index contributed by atoms with van der Waals surface area (Å²) in [7, 11) is 0. The maximum atomic E-state index is 10.9. The summed E-state index contributed by atoms with van der Waals surface area (Å²) >= 11 is 0. The normalized spacial score (nSPS) is 24.5. The van der Waals surface area contributed by atoms with Gasteiger partial charge in [0.1, 0.15) is 5.75 Å². The Morgan fingerprint density at radius 2 is 1.82 bits per heavy atom. The van der Waals surface area contributed by atoms with Crippen molar-refractivity contribution in [2.75, 3.05) is 6.61 Å². The Balaban J connectivity index is 1.92. The van der Waals surface area contributed by atoms with Crippen molar-refractivity contribution in [3.8, 4) is 5.75 Å². The number of carbonyl (C=O) groups is 1. The molecule has 3 rings (SSSR count). The maximum Gasteiger partial charge on any atom is 0.341 e. The zero-order valence-corrected chi connectivity index (χ0v) is 16.7. The van der Waals surface area contributed by atoms with Crippen molar-refractivity contribution >= 4 is 5.97 Å². The molecule has 0 spiro atoms. The lowest BCUT2D eigenvalue weighted by molar-refractivity contribution is -0.139. The molecule has 4 heteroatoms. The number of hydrogen-bond donors (Lipinski definition) is 1. The molecule has 0 amide bonds. The van der Waals surface area contributed by atoms with E-state index < -0.39 is 5.97 Å². The van der Waals surface area contributed by atoms with Gasteiger partial charge in [-0.2, -0.15) is 0 Å². The number of aliphatic carboxylic acids is 1. The van der Waals surface area contributed by atoms with Gasteiger partial charge in [-0.1, -0.05) is 54.6 Å². The first-order valence-electron chi connectivity index (χ1n) is 9.68. The SMILES string of the molecule is C=C(C)[C@H]1C[C@H](c2ccccc2C)[C@H](C)O[C@@H]1c1ccccc1OCC(=O)O. The molecule has 0 unspecified atom stereocenters. The van der Waals surface area contributed by atoms with Gasteiger partial charge in [0.15, 0.2) is 6.61 Å². The third kappa shape index (κ3) is 4.28. The number of benzene rings is 2. The van der Waals surface area contributed by atoms with Gasteiger partial charge in [0.2, 0.25) is 0 Å². The van der Waals surface area contributed by atoms with Gasteiger partial charge in [0, 0.05) is 17.4 Å². The summed E-state index contributed by atoms with van der Waals surface area (Å²) in [6, 6.07) is 16.0. The standard InChI is InChI=1S/C24H28O4/c1-15(2)20-13-21(18-10-6-5-9-16(18)3)17(4)28-24(20)19-11-7-8-12-22(19)27-14-23(25)26/h5-12,17,20-21,24H,1,13-14H2,2-4H3,(H,25,26)/t17-,20+,21-,24+/m0/s1. The molecule has 4 nitrogen and oxygen atoms in total. The molecule has 1 heterocycles. The van der Waals surface area contributed by atoms with Crippen molar-refractivity contribution < 1.29 is 19.4 Å². The van der Waals surface area contributed by atoms with E-state index >= 15 is 0 Å². The molecule has 148 valence electrons. The summed E-state index contributed by atoms with van der Waals surface area (Å²) in [6.07, 6.45) is 0.742. The third-order valence-electron chi connectivity index (χ3n) is 5.60. The Morgan fingerprint density at radius 1 is 1.18 bits per heavy atom. The Bertz CT molecular complexity index is 857. The van der Waals surface area contributed by atoms with E-state index in [-0.39, 0.29) is 30.7 Å². The summed E-state index contributed by atoms with van der Waals surface area (Å²) in [5, 5.41) is 8.97. The molecule has 0 radical (unpaired) electrons. The van der Waals surface area contributed by atoms with Crippen molar-refractivity contribution in [3.63, 3.8) is 0 Å². The van der Waals surface area contributed by atoms with Crippen LogP contribution in [-0.2, 0) is 9.53 Å². The van der Waals surface area contributed by atoms with Crippen LogP contribution in [0, 0.1) is 12.8 Å². The minimum Gasteiger partial charge on any atom is -0.482 e. The molecule has 0 bridgehead atoms. The first-order chi connectivity index (χ1) is 13.4. The van der Waals surface area contributed by atoms with Gasteiger partial charge in [-0.15, -0.1) is 0 Å². The summed E-state index contributed by atoms with van der Waals surface area (Å²) in [6.45, 7) is 10.1. The van der Waals surface area contributed by atoms with Gasteiger partial charge in [0.25, 0.3) is 0 Å². The monoisotopic (exact) mass is 380 g/mol. The predicted molar refractivity (Wildman–Crippen MR) is 110 cm³/mol. The first-order valence-corrected chi connectivity index (χ1v) is 9.68. The lowest BCUT2D eigenvalue weighted by Gasteiger charge is -2.42. The van der Waals surface area contributed by atoms with E-state index in [2.05, 4.69) is 44.7 Å². The van der Waals surface area contributed by atoms with Gasteiger partial charge < -0.3 is 14.6 Å². The highest BCUT2D eigenvalue weighted by molar-refractivity contribution is 5.68. The lowest BCUT2D eigenvalue weighted by Crippen LogP contribution is -2.35. The van der Waals surface area contributed by atoms with E-state index in [1.807, 2.05) is 25.1 Å². The Morgan fingerprint density at radius 3 is 2.46 bits per heavy atom. The first kappa shape index (κ1) is 20.2. The molecule has 28 heavy (non-hydrogen) atoms. The van der Waals surface area contributed by atoms with Crippen LogP contribution in [0.2, 0.25) is 0 Å². The number of carboxylic acids is 1. The van der Waals surface area contributed by atoms with Crippen molar-refractivity contribution in [2.45, 2.75) is 45.3 Å². The molecule has 0 aliphatic carbocycles. The van der Waals surface area contributed by atoms with Gasteiger partial charge in [-0.3, -0.25) is 0 Å². The minimum absolute atomic E-state index is 0.0224. The topological polar surface area (TPSA) is 55.8 Å². The van der Waals surface area contributed by atoms with Crippen LogP contribution < -0.4 is 4.74 Å². The highest BCUT2D eigenvalue weighted by Gasteiger charge is 2.39. The molecule has 1 saturated heterocycles. The van der Waals surface area contributed by atoms with Gasteiger partial charge in [-0.25, -0.2) is 4.79 Å². The van der Waals surface area contributed by atoms with E-state index in [0.717, 1.165) is 17.6 Å². The number of ether oxygens (including phenoxy) is 2. The van der Waals surface area contributed by atoms with E-state index in [1.165, 1.54) is 11.1 Å². The van der Waals surface area contributed by atoms with Crippen molar-refractivity contribution in [3.05, 3.63) is 77.4 Å². The van der Waals surface area contributed by atoms with Crippen LogP contribution in [0.3, 0.4) is 0 Å². The molecular weight excluding hydrogens is 352 g/mol. The second-order valence-electron chi connectivity index (χ2n) is 7.63. The van der Waals surface area contributed by atoms with E-state index in [1.54, 1.807) is 6.07 Å². The summed E-state index contributed by atoms with van der Waals surface area (Å²) < 4.78 is 12.1. The number of carboxylic acid groups (broad SMARTS) is 1. The average Bonchev–Trinajstić information content (AvgIpc) is 2.67. The van der Waals surface area contributed by atoms with Crippen LogP contribution >= 0.6 is 0 Å². The maximum absolute atomic E-state index is 10.9. The van der Waals surface area contributed by atoms with Crippen molar-refractivity contribution in [1.82, 2.24) is 0 Å². The van der Waals surface area contributed by atoms with Crippen molar-refractivity contribution in [2.24, 2.45) is 5.92 Å². The summed E-state index contributed by atoms with van der Waals surface area (Å²) in [5.74, 6) is -0.0341. The molecule has 2 aromatic rings. The number of para-hydroxylation sites is 1.